The van der Waals surface area contributed by atoms with Gasteiger partial charge in [0.2, 0.25) is 5.91 Å². The van der Waals surface area contributed by atoms with Crippen molar-refractivity contribution < 1.29 is 9.82 Å². The fourth-order valence-corrected chi connectivity index (χ4v) is 4.29. The number of hydrogen-bond acceptors (Lipinski definition) is 7. The number of nitrogens with zero attached hydrogens (tertiary/aromatic N) is 4. The quantitative estimate of drug-likeness (QED) is 0.189. The summed E-state index contributed by atoms with van der Waals surface area (Å²) in [7, 11) is -0.286. The highest BCUT2D eigenvalue weighted by Gasteiger charge is 2.21. The van der Waals surface area contributed by atoms with Crippen molar-refractivity contribution in [1.29, 1.82) is 5.26 Å². The molecule has 2 heterocycles. The highest BCUT2D eigenvalue weighted by Crippen LogP contribution is 2.31. The summed E-state index contributed by atoms with van der Waals surface area (Å²) in [6, 6.07) is 10.9. The SMILES string of the molecule is CCCN(CCCN/C(=N\c1cccc(C#N)c1)NBO)C(=O)C1=Cc2sccc2N=C(N)C1. The van der Waals surface area contributed by atoms with Crippen LogP contribution in [-0.4, -0.2) is 54.9 Å². The molecule has 2 aromatic rings. The van der Waals surface area contributed by atoms with Gasteiger partial charge in [-0.2, -0.15) is 5.26 Å². The average molecular weight is 477 g/mol. The molecule has 1 amide bonds. The Balaban J connectivity index is 1.61. The van der Waals surface area contributed by atoms with Crippen molar-refractivity contribution in [3.8, 4) is 6.07 Å². The third-order valence-electron chi connectivity index (χ3n) is 5.03. The summed E-state index contributed by atoms with van der Waals surface area (Å²) in [5.41, 5.74) is 8.60. The van der Waals surface area contributed by atoms with E-state index in [0.717, 1.165) is 17.0 Å². The molecule has 0 aliphatic carbocycles. The molecule has 0 bridgehead atoms. The van der Waals surface area contributed by atoms with Gasteiger partial charge in [0.25, 0.3) is 0 Å². The first kappa shape index (κ1) is 25.0. The first-order chi connectivity index (χ1) is 16.5. The average Bonchev–Trinajstić information content (AvgIpc) is 3.19. The minimum Gasteiger partial charge on any atom is -0.435 e. The van der Waals surface area contributed by atoms with E-state index in [4.69, 9.17) is 11.0 Å². The predicted octanol–water partition coefficient (Wildman–Crippen LogP) is 2.15. The Labute approximate surface area is 204 Å². The molecule has 3 rings (SSSR count). The number of carbonyl (C=O) groups excluding carboxylic acids is 1. The minimum atomic E-state index is -0.286. The molecule has 0 saturated heterocycles. The number of benzene rings is 1. The van der Waals surface area contributed by atoms with Crippen molar-refractivity contribution in [3.05, 3.63) is 51.7 Å². The molecule has 1 aromatic carbocycles. The standard InChI is InChI=1S/C23H28BN7O2S/c1-2-9-31(22(32)17-13-20-19(7-11-34-20)29-21(26)14-17)10-4-8-27-23(30-24-33)28-18-6-3-5-16(12-18)15-25/h3,5-7,11-13,24,33H,2,4,8-10,14H2,1H3,(H2,26,29)(H2,27,28,30). The van der Waals surface area contributed by atoms with Crippen LogP contribution in [0.5, 0.6) is 0 Å². The lowest BCUT2D eigenvalue weighted by Gasteiger charge is -2.23. The number of aliphatic imine (C=N–C) groups is 2. The van der Waals surface area contributed by atoms with Gasteiger partial charge in [-0.1, -0.05) is 13.0 Å². The van der Waals surface area contributed by atoms with E-state index in [1.807, 2.05) is 29.3 Å². The zero-order valence-electron chi connectivity index (χ0n) is 19.1. The molecule has 34 heavy (non-hydrogen) atoms. The molecule has 1 aliphatic rings. The van der Waals surface area contributed by atoms with Crippen LogP contribution in [0.25, 0.3) is 6.08 Å². The molecule has 0 fully saturated rings. The van der Waals surface area contributed by atoms with Crippen LogP contribution in [0.15, 0.2) is 51.3 Å². The van der Waals surface area contributed by atoms with E-state index in [-0.39, 0.29) is 13.5 Å². The van der Waals surface area contributed by atoms with Crippen molar-refractivity contribution in [2.24, 2.45) is 15.7 Å². The Kier molecular flexibility index (Phi) is 9.25. The Morgan fingerprint density at radius 1 is 1.41 bits per heavy atom. The summed E-state index contributed by atoms with van der Waals surface area (Å²) in [5.74, 6) is 0.801. The summed E-state index contributed by atoms with van der Waals surface area (Å²) in [6.07, 6.45) is 3.75. The van der Waals surface area contributed by atoms with Crippen molar-refractivity contribution in [3.63, 3.8) is 0 Å². The summed E-state index contributed by atoms with van der Waals surface area (Å²) in [6.45, 7) is 3.77. The van der Waals surface area contributed by atoms with Crippen LogP contribution in [0.2, 0.25) is 0 Å². The number of fused-ring (bicyclic) bond motifs is 1. The number of carbonyl (C=O) groups is 1. The maximum Gasteiger partial charge on any atom is 0.393 e. The fourth-order valence-electron chi connectivity index (χ4n) is 3.51. The minimum absolute atomic E-state index is 0.0306. The van der Waals surface area contributed by atoms with Gasteiger partial charge in [-0.05, 0) is 48.6 Å². The van der Waals surface area contributed by atoms with E-state index in [9.17, 15) is 9.82 Å². The number of nitrogens with one attached hydrogen (secondary N) is 2. The molecule has 9 nitrogen and oxygen atoms in total. The van der Waals surface area contributed by atoms with E-state index < -0.39 is 0 Å². The first-order valence-corrected chi connectivity index (χ1v) is 12.0. The zero-order valence-corrected chi connectivity index (χ0v) is 19.9. The zero-order chi connectivity index (χ0) is 24.3. The second-order valence-electron chi connectivity index (χ2n) is 7.65. The largest absolute Gasteiger partial charge is 0.435 e. The smallest absolute Gasteiger partial charge is 0.393 e. The molecule has 176 valence electrons. The molecule has 0 unspecified atom stereocenters. The number of nitriles is 1. The monoisotopic (exact) mass is 477 g/mol. The van der Waals surface area contributed by atoms with Crippen molar-refractivity contribution in [2.45, 2.75) is 26.2 Å². The van der Waals surface area contributed by atoms with Gasteiger partial charge in [0, 0.05) is 31.6 Å². The summed E-state index contributed by atoms with van der Waals surface area (Å²) >= 11 is 1.54. The topological polar surface area (TPSA) is 139 Å². The molecular formula is C23H28BN7O2S. The Morgan fingerprint density at radius 2 is 2.26 bits per heavy atom. The van der Waals surface area contributed by atoms with Crippen molar-refractivity contribution >= 4 is 54.1 Å². The van der Waals surface area contributed by atoms with Crippen LogP contribution >= 0.6 is 11.3 Å². The fraction of sp³-hybridized carbons (Fsp3) is 0.304. The maximum absolute atomic E-state index is 13.3. The van der Waals surface area contributed by atoms with E-state index in [2.05, 4.69) is 26.6 Å². The second kappa shape index (κ2) is 12.6. The number of nitrogens with two attached hydrogens (primary N) is 1. The van der Waals surface area contributed by atoms with E-state index >= 15 is 0 Å². The molecule has 0 radical (unpaired) electrons. The number of amides is 1. The Hall–Kier alpha value is -3.62. The lowest BCUT2D eigenvalue weighted by molar-refractivity contribution is -0.127. The number of amidine groups is 1. The van der Waals surface area contributed by atoms with Gasteiger partial charge in [-0.15, -0.1) is 11.3 Å². The molecule has 1 aromatic heterocycles. The highest BCUT2D eigenvalue weighted by molar-refractivity contribution is 7.11. The van der Waals surface area contributed by atoms with Gasteiger partial charge in [-0.3, -0.25) is 4.79 Å². The third-order valence-corrected chi connectivity index (χ3v) is 5.88. The molecule has 0 atom stereocenters. The van der Waals surface area contributed by atoms with Gasteiger partial charge in [0.05, 0.1) is 27.9 Å². The molecule has 0 spiro atoms. The lowest BCUT2D eigenvalue weighted by atomic mass is 10.1. The molecule has 1 aliphatic heterocycles. The predicted molar refractivity (Wildman–Crippen MR) is 138 cm³/mol. The van der Waals surface area contributed by atoms with Gasteiger partial charge in [-0.25, -0.2) is 9.98 Å². The molecule has 5 N–H and O–H groups in total. The van der Waals surface area contributed by atoms with Gasteiger partial charge in [0.1, 0.15) is 5.84 Å². The first-order valence-electron chi connectivity index (χ1n) is 11.1. The Morgan fingerprint density at radius 3 is 3.03 bits per heavy atom. The van der Waals surface area contributed by atoms with Crippen LogP contribution in [0.4, 0.5) is 11.4 Å². The summed E-state index contributed by atoms with van der Waals surface area (Å²) in [5, 5.41) is 26.2. The van der Waals surface area contributed by atoms with Crippen LogP contribution in [0, 0.1) is 11.3 Å². The van der Waals surface area contributed by atoms with Gasteiger partial charge >= 0.3 is 7.62 Å². The van der Waals surface area contributed by atoms with E-state index in [0.29, 0.717) is 61.1 Å². The lowest BCUT2D eigenvalue weighted by Crippen LogP contribution is -2.41. The number of thiophene rings is 1. The van der Waals surface area contributed by atoms with E-state index in [1.165, 1.54) is 0 Å². The number of guanidine groups is 1. The maximum atomic E-state index is 13.3. The molecule has 11 heteroatoms. The number of hydrogen-bond donors (Lipinski definition) is 4. The summed E-state index contributed by atoms with van der Waals surface area (Å²) < 4.78 is 0. The van der Waals surface area contributed by atoms with Crippen LogP contribution in [-0.2, 0) is 4.79 Å². The Bertz CT molecular complexity index is 1140. The second-order valence-corrected chi connectivity index (χ2v) is 8.60. The van der Waals surface area contributed by atoms with Crippen LogP contribution < -0.4 is 16.3 Å². The number of rotatable bonds is 9. The summed E-state index contributed by atoms with van der Waals surface area (Å²) in [4.78, 5) is 24.9. The molecule has 0 saturated carbocycles. The van der Waals surface area contributed by atoms with Crippen molar-refractivity contribution in [1.82, 2.24) is 15.4 Å². The van der Waals surface area contributed by atoms with Gasteiger partial charge < -0.3 is 26.2 Å². The van der Waals surface area contributed by atoms with Gasteiger partial charge in [0.15, 0.2) is 5.96 Å². The third kappa shape index (κ3) is 6.94. The normalized spacial score (nSPS) is 13.0. The van der Waals surface area contributed by atoms with Crippen LogP contribution in [0.1, 0.15) is 36.6 Å². The highest BCUT2D eigenvalue weighted by atomic mass is 32.1. The van der Waals surface area contributed by atoms with Crippen LogP contribution in [0.3, 0.4) is 0 Å². The molecular weight excluding hydrogens is 449 g/mol. The van der Waals surface area contributed by atoms with E-state index in [1.54, 1.807) is 35.6 Å². The van der Waals surface area contributed by atoms with Crippen molar-refractivity contribution in [2.75, 3.05) is 19.6 Å².